The highest BCUT2D eigenvalue weighted by Crippen LogP contribution is 2.11. The number of hydrogen-bond acceptors (Lipinski definition) is 5. The summed E-state index contributed by atoms with van der Waals surface area (Å²) in [5.41, 5.74) is 0.387. The summed E-state index contributed by atoms with van der Waals surface area (Å²) >= 11 is 5.77. The number of rotatable bonds is 7. The number of Topliss-reactive ketones (excluding diaryl/α,β-unsaturated/α-hetero) is 1. The maximum atomic E-state index is 12.2. The number of carbonyl (C=O) groups excluding carboxylic acids is 3. The highest BCUT2D eigenvalue weighted by molar-refractivity contribution is 6.30. The highest BCUT2D eigenvalue weighted by Gasteiger charge is 2.27. The van der Waals surface area contributed by atoms with Gasteiger partial charge in [0.15, 0.2) is 18.2 Å². The van der Waals surface area contributed by atoms with Crippen molar-refractivity contribution in [2.24, 2.45) is 5.92 Å². The molecule has 1 heterocycles. The van der Waals surface area contributed by atoms with Crippen LogP contribution in [0.1, 0.15) is 34.8 Å². The number of hydrogen-bond donors (Lipinski definition) is 1. The number of amides is 1. The van der Waals surface area contributed by atoms with Crippen molar-refractivity contribution in [2.45, 2.75) is 19.9 Å². The Hall–Kier alpha value is -2.60. The zero-order valence-electron chi connectivity index (χ0n) is 13.8. The molecule has 0 saturated heterocycles. The summed E-state index contributed by atoms with van der Waals surface area (Å²) in [4.78, 5) is 36.3. The zero-order chi connectivity index (χ0) is 18.4. The molecule has 1 amide bonds. The molecule has 0 bridgehead atoms. The van der Waals surface area contributed by atoms with Gasteiger partial charge in [0.1, 0.15) is 6.04 Å². The Morgan fingerprint density at radius 1 is 1.16 bits per heavy atom. The Bertz CT molecular complexity index is 737. The predicted molar refractivity (Wildman–Crippen MR) is 91.5 cm³/mol. The Morgan fingerprint density at radius 3 is 2.40 bits per heavy atom. The van der Waals surface area contributed by atoms with Crippen molar-refractivity contribution in [2.75, 3.05) is 6.61 Å². The van der Waals surface area contributed by atoms with Crippen molar-refractivity contribution in [3.8, 4) is 0 Å². The molecule has 0 aliphatic carbocycles. The van der Waals surface area contributed by atoms with Gasteiger partial charge in [-0.3, -0.25) is 9.59 Å². The van der Waals surface area contributed by atoms with Crippen LogP contribution in [0.15, 0.2) is 47.1 Å². The predicted octanol–water partition coefficient (Wildman–Crippen LogP) is 3.11. The lowest BCUT2D eigenvalue weighted by Crippen LogP contribution is -2.45. The van der Waals surface area contributed by atoms with E-state index in [4.69, 9.17) is 20.8 Å². The Kier molecular flexibility index (Phi) is 6.36. The van der Waals surface area contributed by atoms with Gasteiger partial charge in [-0.1, -0.05) is 25.4 Å². The SMILES string of the molecule is CC(C)[C@H](NC(=O)c1ccco1)C(=O)OCC(=O)c1ccc(Cl)cc1. The monoisotopic (exact) mass is 363 g/mol. The molecule has 0 radical (unpaired) electrons. The lowest BCUT2D eigenvalue weighted by molar-refractivity contribution is -0.145. The van der Waals surface area contributed by atoms with Crippen LogP contribution in [0.3, 0.4) is 0 Å². The minimum Gasteiger partial charge on any atom is -0.459 e. The van der Waals surface area contributed by atoms with E-state index in [0.717, 1.165) is 0 Å². The number of halogens is 1. The Labute approximate surface area is 150 Å². The first-order chi connectivity index (χ1) is 11.9. The van der Waals surface area contributed by atoms with E-state index in [1.807, 2.05) is 0 Å². The molecule has 132 valence electrons. The molecule has 1 aromatic heterocycles. The molecule has 2 aromatic rings. The molecule has 0 unspecified atom stereocenters. The molecule has 1 aromatic carbocycles. The molecule has 0 spiro atoms. The normalized spacial score (nSPS) is 11.8. The number of nitrogens with one attached hydrogen (secondary N) is 1. The molecular formula is C18H18ClNO5. The average molecular weight is 364 g/mol. The van der Waals surface area contributed by atoms with Crippen molar-refractivity contribution in [3.05, 3.63) is 59.0 Å². The van der Waals surface area contributed by atoms with Crippen LogP contribution in [-0.2, 0) is 9.53 Å². The van der Waals surface area contributed by atoms with Crippen LogP contribution >= 0.6 is 11.6 Å². The molecule has 1 atom stereocenters. The fraction of sp³-hybridized carbons (Fsp3) is 0.278. The van der Waals surface area contributed by atoms with E-state index in [1.165, 1.54) is 12.3 Å². The number of ketones is 1. The van der Waals surface area contributed by atoms with Crippen molar-refractivity contribution in [1.29, 1.82) is 0 Å². The quantitative estimate of drug-likeness (QED) is 0.603. The van der Waals surface area contributed by atoms with E-state index >= 15 is 0 Å². The first-order valence-corrected chi connectivity index (χ1v) is 8.06. The van der Waals surface area contributed by atoms with E-state index in [2.05, 4.69) is 5.32 Å². The van der Waals surface area contributed by atoms with Crippen molar-refractivity contribution in [3.63, 3.8) is 0 Å². The van der Waals surface area contributed by atoms with Gasteiger partial charge in [0.05, 0.1) is 6.26 Å². The molecule has 0 saturated carbocycles. The third kappa shape index (κ3) is 5.19. The fourth-order valence-corrected chi connectivity index (χ4v) is 2.19. The van der Waals surface area contributed by atoms with Crippen LogP contribution < -0.4 is 5.32 Å². The van der Waals surface area contributed by atoms with Crippen LogP contribution in [0.25, 0.3) is 0 Å². The van der Waals surface area contributed by atoms with Crippen LogP contribution in [0.5, 0.6) is 0 Å². The number of furan rings is 1. The third-order valence-electron chi connectivity index (χ3n) is 3.46. The van der Waals surface area contributed by atoms with Gasteiger partial charge < -0.3 is 14.5 Å². The van der Waals surface area contributed by atoms with Gasteiger partial charge in [-0.25, -0.2) is 4.79 Å². The summed E-state index contributed by atoms with van der Waals surface area (Å²) < 4.78 is 10.1. The largest absolute Gasteiger partial charge is 0.459 e. The summed E-state index contributed by atoms with van der Waals surface area (Å²) in [5.74, 6) is -1.69. The summed E-state index contributed by atoms with van der Waals surface area (Å²) in [7, 11) is 0. The van der Waals surface area contributed by atoms with E-state index in [9.17, 15) is 14.4 Å². The number of ether oxygens (including phenoxy) is 1. The van der Waals surface area contributed by atoms with Crippen LogP contribution in [0.4, 0.5) is 0 Å². The Balaban J connectivity index is 1.94. The van der Waals surface area contributed by atoms with Gasteiger partial charge in [-0.2, -0.15) is 0 Å². The maximum Gasteiger partial charge on any atom is 0.329 e. The maximum absolute atomic E-state index is 12.2. The minimum absolute atomic E-state index is 0.0932. The highest BCUT2D eigenvalue weighted by atomic mass is 35.5. The number of esters is 1. The van der Waals surface area contributed by atoms with Gasteiger partial charge in [-0.05, 0) is 42.3 Å². The molecular weight excluding hydrogens is 346 g/mol. The molecule has 0 fully saturated rings. The Morgan fingerprint density at radius 2 is 1.84 bits per heavy atom. The molecule has 0 aliphatic rings. The van der Waals surface area contributed by atoms with Gasteiger partial charge in [-0.15, -0.1) is 0 Å². The van der Waals surface area contributed by atoms with Gasteiger partial charge >= 0.3 is 5.97 Å². The molecule has 25 heavy (non-hydrogen) atoms. The number of benzene rings is 1. The van der Waals surface area contributed by atoms with Crippen LogP contribution in [0, 0.1) is 5.92 Å². The summed E-state index contributed by atoms with van der Waals surface area (Å²) in [5, 5.41) is 3.06. The van der Waals surface area contributed by atoms with Crippen LogP contribution in [-0.4, -0.2) is 30.3 Å². The van der Waals surface area contributed by atoms with E-state index in [-0.39, 0.29) is 17.5 Å². The number of carbonyl (C=O) groups is 3. The van der Waals surface area contributed by atoms with Gasteiger partial charge in [0, 0.05) is 10.6 Å². The third-order valence-corrected chi connectivity index (χ3v) is 3.72. The first kappa shape index (κ1) is 18.7. The molecule has 6 nitrogen and oxygen atoms in total. The minimum atomic E-state index is -0.893. The van der Waals surface area contributed by atoms with Crippen molar-refractivity contribution in [1.82, 2.24) is 5.32 Å². The second kappa shape index (κ2) is 8.48. The molecule has 0 aliphatic heterocycles. The van der Waals surface area contributed by atoms with Crippen LogP contribution in [0.2, 0.25) is 5.02 Å². The lowest BCUT2D eigenvalue weighted by Gasteiger charge is -2.20. The molecule has 2 rings (SSSR count). The van der Waals surface area contributed by atoms with Crippen molar-refractivity contribution < 1.29 is 23.5 Å². The van der Waals surface area contributed by atoms with Gasteiger partial charge in [0.2, 0.25) is 0 Å². The topological polar surface area (TPSA) is 85.6 Å². The lowest BCUT2D eigenvalue weighted by atomic mass is 10.0. The van der Waals surface area contributed by atoms with Crippen molar-refractivity contribution >= 4 is 29.3 Å². The van der Waals surface area contributed by atoms with Gasteiger partial charge in [0.25, 0.3) is 5.91 Å². The molecule has 7 heteroatoms. The summed E-state index contributed by atoms with van der Waals surface area (Å²) in [6.07, 6.45) is 1.36. The second-order valence-corrected chi connectivity index (χ2v) is 6.15. The molecule has 1 N–H and O–H groups in total. The fourth-order valence-electron chi connectivity index (χ4n) is 2.06. The summed E-state index contributed by atoms with van der Waals surface area (Å²) in [6, 6.07) is 8.43. The average Bonchev–Trinajstić information content (AvgIpc) is 3.12. The first-order valence-electron chi connectivity index (χ1n) is 7.68. The van der Waals surface area contributed by atoms with E-state index in [0.29, 0.717) is 10.6 Å². The van der Waals surface area contributed by atoms with E-state index in [1.54, 1.807) is 44.2 Å². The van der Waals surface area contributed by atoms with E-state index < -0.39 is 24.5 Å². The second-order valence-electron chi connectivity index (χ2n) is 5.71. The standard InChI is InChI=1S/C18H18ClNO5/c1-11(2)16(20-17(22)15-4-3-9-24-15)18(23)25-10-14(21)12-5-7-13(19)8-6-12/h3-9,11,16H,10H2,1-2H3,(H,20,22)/t16-/m0/s1. The smallest absolute Gasteiger partial charge is 0.329 e. The summed E-state index contributed by atoms with van der Waals surface area (Å²) in [6.45, 7) is 3.10. The zero-order valence-corrected chi connectivity index (χ0v) is 14.6.